The third kappa shape index (κ3) is 6.57. The predicted molar refractivity (Wildman–Crippen MR) is 179 cm³/mol. The monoisotopic (exact) mass is 690 g/mol. The Hall–Kier alpha value is -5.17. The molecule has 3 aromatic rings. The quantitative estimate of drug-likeness (QED) is 0.225. The number of alkyl carbamates (subject to hydrolysis) is 1. The number of cyclic esters (lactones) is 1. The highest BCUT2D eigenvalue weighted by Crippen LogP contribution is 2.57. The summed E-state index contributed by atoms with van der Waals surface area (Å²) in [6, 6.07) is 11.3. The highest BCUT2D eigenvalue weighted by atomic mass is 16.7. The van der Waals surface area contributed by atoms with Gasteiger partial charge >= 0.3 is 18.0 Å². The Morgan fingerprint density at radius 3 is 2.38 bits per heavy atom. The number of amides is 1. The van der Waals surface area contributed by atoms with Gasteiger partial charge in [0.2, 0.25) is 12.5 Å². The minimum atomic E-state index is -1.04. The Morgan fingerprint density at radius 2 is 1.70 bits per heavy atom. The molecule has 13 heteroatoms. The zero-order valence-electron chi connectivity index (χ0n) is 29.2. The average Bonchev–Trinajstić information content (AvgIpc) is 3.70. The average molecular weight is 691 g/mol. The molecule has 3 unspecified atom stereocenters. The van der Waals surface area contributed by atoms with E-state index in [1.807, 2.05) is 37.4 Å². The van der Waals surface area contributed by atoms with Gasteiger partial charge in [-0.25, -0.2) is 14.4 Å². The van der Waals surface area contributed by atoms with Crippen LogP contribution in [0.5, 0.6) is 28.7 Å². The van der Waals surface area contributed by atoms with Crippen LogP contribution in [0, 0.1) is 0 Å². The summed E-state index contributed by atoms with van der Waals surface area (Å²) in [5.41, 5.74) is 3.16. The van der Waals surface area contributed by atoms with Crippen LogP contribution in [0.25, 0.3) is 0 Å². The first-order valence-electron chi connectivity index (χ1n) is 16.3. The van der Waals surface area contributed by atoms with E-state index in [2.05, 4.69) is 10.2 Å². The van der Waals surface area contributed by atoms with Gasteiger partial charge in [0, 0.05) is 29.7 Å². The predicted octanol–water partition coefficient (Wildman–Crippen LogP) is 5.06. The number of carbonyl (C=O) groups is 3. The van der Waals surface area contributed by atoms with Crippen LogP contribution in [-0.4, -0.2) is 76.3 Å². The van der Waals surface area contributed by atoms with Crippen LogP contribution < -0.4 is 29.0 Å². The highest BCUT2D eigenvalue weighted by molar-refractivity contribution is 5.98. The fourth-order valence-electron chi connectivity index (χ4n) is 6.81. The normalized spacial score (nSPS) is 18.3. The molecule has 0 saturated carbocycles. The number of carbonyl (C=O) groups excluding carboxylic acids is 3. The van der Waals surface area contributed by atoms with Gasteiger partial charge in [0.15, 0.2) is 23.0 Å². The first kappa shape index (κ1) is 34.7. The van der Waals surface area contributed by atoms with Crippen LogP contribution in [0.4, 0.5) is 4.79 Å². The van der Waals surface area contributed by atoms with Gasteiger partial charge in [-0.3, -0.25) is 4.90 Å². The van der Waals surface area contributed by atoms with Crippen LogP contribution in [0.1, 0.15) is 71.1 Å². The number of nitrogens with one attached hydrogen (secondary N) is 1. The zero-order chi connectivity index (χ0) is 35.7. The molecule has 3 heterocycles. The lowest BCUT2D eigenvalue weighted by Crippen LogP contribution is -2.45. The van der Waals surface area contributed by atoms with Crippen molar-refractivity contribution in [3.63, 3.8) is 0 Å². The highest BCUT2D eigenvalue weighted by Gasteiger charge is 2.47. The summed E-state index contributed by atoms with van der Waals surface area (Å²) in [5.74, 6) is 0.745. The second kappa shape index (κ2) is 14.0. The number of hydrogen-bond donors (Lipinski definition) is 1. The van der Waals surface area contributed by atoms with Crippen molar-refractivity contribution in [2.45, 2.75) is 64.0 Å². The van der Waals surface area contributed by atoms with Crippen molar-refractivity contribution in [3.8, 4) is 28.7 Å². The lowest BCUT2D eigenvalue weighted by molar-refractivity contribution is -0.147. The number of benzene rings is 3. The van der Waals surface area contributed by atoms with Crippen molar-refractivity contribution < 1.29 is 52.3 Å². The summed E-state index contributed by atoms with van der Waals surface area (Å²) >= 11 is 0. The van der Waals surface area contributed by atoms with Crippen molar-refractivity contribution in [1.82, 2.24) is 10.2 Å². The summed E-state index contributed by atoms with van der Waals surface area (Å²) in [4.78, 5) is 42.0. The molecule has 0 aliphatic carbocycles. The number of esters is 2. The van der Waals surface area contributed by atoms with Gasteiger partial charge in [0.25, 0.3) is 0 Å². The molecule has 3 atom stereocenters. The maximum absolute atomic E-state index is 13.7. The Morgan fingerprint density at radius 1 is 0.980 bits per heavy atom. The molecule has 0 saturated heterocycles. The summed E-state index contributed by atoms with van der Waals surface area (Å²) in [7, 11) is 6.47. The van der Waals surface area contributed by atoms with Gasteiger partial charge in [-0.15, -0.1) is 0 Å². The molecule has 1 amide bonds. The molecule has 0 bridgehead atoms. The molecule has 6 rings (SSSR count). The molecule has 0 fully saturated rings. The minimum absolute atomic E-state index is 0.0644. The van der Waals surface area contributed by atoms with E-state index in [0.717, 1.165) is 16.7 Å². The van der Waals surface area contributed by atoms with Gasteiger partial charge in [-0.2, -0.15) is 0 Å². The molecule has 1 N–H and O–H groups in total. The number of methoxy groups -OCH3 is 3. The van der Waals surface area contributed by atoms with Gasteiger partial charge in [-0.1, -0.05) is 36.4 Å². The molecule has 0 radical (unpaired) electrons. The molecule has 3 aliphatic rings. The maximum Gasteiger partial charge on any atom is 0.408 e. The number of fused-ring (bicyclic) bond motifs is 3. The van der Waals surface area contributed by atoms with Crippen LogP contribution in [0.3, 0.4) is 0 Å². The lowest BCUT2D eigenvalue weighted by Gasteiger charge is -2.39. The van der Waals surface area contributed by atoms with E-state index in [-0.39, 0.29) is 19.8 Å². The van der Waals surface area contributed by atoms with Gasteiger partial charge in [0.1, 0.15) is 29.9 Å². The van der Waals surface area contributed by atoms with Crippen molar-refractivity contribution in [2.24, 2.45) is 0 Å². The van der Waals surface area contributed by atoms with Crippen molar-refractivity contribution in [2.75, 3.05) is 41.7 Å². The maximum atomic E-state index is 13.7. The molecule has 266 valence electrons. The van der Waals surface area contributed by atoms with Crippen LogP contribution in [-0.2, 0) is 38.5 Å². The standard InChI is InChI=1S/C37H42N2O11/c1-37(2,3)50-36(42)38-24(17-20-11-9-8-10-12-20)34(40)46-18-23-21-15-16-39(4)28(26(21)32(45-7)33-30(23)47-19-48-33)29-22-13-14-25(43-5)31(44-6)27(22)35(41)49-29/h8-14,24,28-29H,15-19H2,1-7H3,(H,38,42). The first-order valence-corrected chi connectivity index (χ1v) is 16.3. The van der Waals surface area contributed by atoms with Crippen LogP contribution in [0.2, 0.25) is 0 Å². The number of nitrogens with zero attached hydrogens (tertiary/aromatic N) is 1. The molecule has 50 heavy (non-hydrogen) atoms. The Bertz CT molecular complexity index is 1790. The fraction of sp³-hybridized carbons (Fsp3) is 0.432. The van der Waals surface area contributed by atoms with E-state index < -0.39 is 41.8 Å². The largest absolute Gasteiger partial charge is 0.493 e. The summed E-state index contributed by atoms with van der Waals surface area (Å²) < 4.78 is 46.4. The van der Waals surface area contributed by atoms with E-state index in [4.69, 9.17) is 37.9 Å². The molecular weight excluding hydrogens is 648 g/mol. The van der Waals surface area contributed by atoms with E-state index in [0.29, 0.717) is 58.4 Å². The zero-order valence-corrected chi connectivity index (χ0v) is 29.2. The second-order valence-electron chi connectivity index (χ2n) is 13.2. The molecular formula is C37H42N2O11. The first-order chi connectivity index (χ1) is 23.9. The molecule has 3 aromatic carbocycles. The fourth-order valence-corrected chi connectivity index (χ4v) is 6.81. The van der Waals surface area contributed by atoms with Gasteiger partial charge in [0.05, 0.1) is 27.4 Å². The van der Waals surface area contributed by atoms with E-state index in [1.54, 1.807) is 40.0 Å². The smallest absolute Gasteiger partial charge is 0.408 e. The third-order valence-electron chi connectivity index (χ3n) is 8.94. The second-order valence-corrected chi connectivity index (χ2v) is 13.2. The van der Waals surface area contributed by atoms with Crippen molar-refractivity contribution in [3.05, 3.63) is 75.8 Å². The van der Waals surface area contributed by atoms with E-state index >= 15 is 0 Å². The Labute approximate surface area is 290 Å². The molecule has 13 nitrogen and oxygen atoms in total. The van der Waals surface area contributed by atoms with E-state index in [1.165, 1.54) is 14.2 Å². The summed E-state index contributed by atoms with van der Waals surface area (Å²) in [6.45, 7) is 5.57. The number of likely N-dealkylation sites (N-methyl/N-ethyl adjacent to an activating group) is 1. The van der Waals surface area contributed by atoms with E-state index in [9.17, 15) is 14.4 Å². The summed E-state index contributed by atoms with van der Waals surface area (Å²) in [6.07, 6.45) is -0.739. The molecule has 0 spiro atoms. The number of hydrogen-bond acceptors (Lipinski definition) is 12. The lowest BCUT2D eigenvalue weighted by atomic mass is 9.83. The SMILES string of the molecule is COc1ccc2c(c1OC)C(=O)OC2C1c2c(c(COC(=O)C(Cc3ccccc3)NC(=O)OC(C)(C)C)c3c(c2OC)OCO3)CCN1C. The minimum Gasteiger partial charge on any atom is -0.493 e. The number of rotatable bonds is 10. The third-order valence-corrected chi connectivity index (χ3v) is 8.94. The Kier molecular flexibility index (Phi) is 9.70. The van der Waals surface area contributed by atoms with Crippen LogP contribution in [0.15, 0.2) is 42.5 Å². The van der Waals surface area contributed by atoms with Crippen molar-refractivity contribution in [1.29, 1.82) is 0 Å². The van der Waals surface area contributed by atoms with Crippen molar-refractivity contribution >= 4 is 18.0 Å². The van der Waals surface area contributed by atoms with Gasteiger partial charge in [-0.05, 0) is 51.4 Å². The topological polar surface area (TPSA) is 140 Å². The Balaban J connectivity index is 1.36. The van der Waals surface area contributed by atoms with Gasteiger partial charge < -0.3 is 43.2 Å². The molecule has 0 aromatic heterocycles. The summed E-state index contributed by atoms with van der Waals surface area (Å²) in [5, 5.41) is 2.69. The molecule has 3 aliphatic heterocycles. The number of ether oxygens (including phenoxy) is 8. The van der Waals surface area contributed by atoms with Crippen LogP contribution >= 0.6 is 0 Å².